The smallest absolute Gasteiger partial charge is 0.356 e. The second-order valence-electron chi connectivity index (χ2n) is 3.55. The van der Waals surface area contributed by atoms with Crippen LogP contribution in [-0.4, -0.2) is 39.3 Å². The van der Waals surface area contributed by atoms with Gasteiger partial charge in [-0.05, 0) is 6.42 Å². The Balaban J connectivity index is 2.51. The molecule has 0 bridgehead atoms. The Kier molecular flexibility index (Phi) is 5.09. The van der Waals surface area contributed by atoms with Crippen LogP contribution in [0.1, 0.15) is 16.9 Å². The van der Waals surface area contributed by atoms with E-state index in [0.717, 1.165) is 0 Å². The van der Waals surface area contributed by atoms with Crippen LogP contribution in [-0.2, 0) is 0 Å². The summed E-state index contributed by atoms with van der Waals surface area (Å²) in [5, 5.41) is 20.7. The average molecular weight is 237 g/mol. The summed E-state index contributed by atoms with van der Waals surface area (Å²) in [7, 11) is 0. The van der Waals surface area contributed by atoms with Crippen LogP contribution in [0.15, 0.2) is 25.0 Å². The van der Waals surface area contributed by atoms with E-state index in [1.54, 1.807) is 6.08 Å². The van der Waals surface area contributed by atoms with Crippen LogP contribution in [0.3, 0.4) is 0 Å². The van der Waals surface area contributed by atoms with E-state index in [1.165, 1.54) is 12.4 Å². The lowest BCUT2D eigenvalue weighted by molar-refractivity contribution is 0.0690. The number of hydrogen-bond acceptors (Lipinski definition) is 5. The van der Waals surface area contributed by atoms with Crippen molar-refractivity contribution in [3.8, 4) is 0 Å². The third-order valence-corrected chi connectivity index (χ3v) is 2.20. The first kappa shape index (κ1) is 13.1. The topological polar surface area (TPSA) is 95.3 Å². The van der Waals surface area contributed by atoms with Crippen molar-refractivity contribution in [2.45, 2.75) is 6.42 Å². The number of carboxylic acid groups (broad SMARTS) is 1. The number of aromatic carboxylic acids is 1. The van der Waals surface area contributed by atoms with Gasteiger partial charge >= 0.3 is 5.97 Å². The summed E-state index contributed by atoms with van der Waals surface area (Å²) >= 11 is 0. The number of anilines is 1. The second-order valence-corrected chi connectivity index (χ2v) is 3.55. The molecule has 0 aromatic carbocycles. The van der Waals surface area contributed by atoms with Crippen LogP contribution in [0.4, 0.5) is 5.82 Å². The molecule has 3 N–H and O–H groups in total. The number of carbonyl (C=O) groups is 1. The number of aliphatic hydroxyl groups excluding tert-OH is 1. The molecule has 0 aliphatic carbocycles. The molecule has 0 amide bonds. The molecule has 6 nitrogen and oxygen atoms in total. The van der Waals surface area contributed by atoms with Gasteiger partial charge in [0.15, 0.2) is 5.69 Å². The van der Waals surface area contributed by atoms with Crippen molar-refractivity contribution >= 4 is 11.8 Å². The van der Waals surface area contributed by atoms with Gasteiger partial charge in [-0.1, -0.05) is 6.08 Å². The molecule has 1 aromatic heterocycles. The third-order valence-electron chi connectivity index (χ3n) is 2.20. The molecule has 0 saturated heterocycles. The van der Waals surface area contributed by atoms with Crippen molar-refractivity contribution < 1.29 is 15.0 Å². The van der Waals surface area contributed by atoms with Crippen molar-refractivity contribution in [1.82, 2.24) is 9.97 Å². The van der Waals surface area contributed by atoms with Crippen LogP contribution >= 0.6 is 0 Å². The molecule has 1 rings (SSSR count). The minimum absolute atomic E-state index is 0.0552. The fraction of sp³-hybridized carbons (Fsp3) is 0.364. The van der Waals surface area contributed by atoms with E-state index in [2.05, 4.69) is 21.9 Å². The van der Waals surface area contributed by atoms with Gasteiger partial charge in [-0.15, -0.1) is 6.58 Å². The Bertz CT molecular complexity index is 378. The van der Waals surface area contributed by atoms with E-state index in [9.17, 15) is 4.79 Å². The zero-order valence-electron chi connectivity index (χ0n) is 9.33. The maximum atomic E-state index is 10.5. The number of carboxylic acids is 1. The number of nitrogens with zero attached hydrogens (tertiary/aromatic N) is 2. The first-order chi connectivity index (χ1) is 8.17. The predicted octanol–water partition coefficient (Wildman–Crippen LogP) is 0.771. The number of hydrogen-bond donors (Lipinski definition) is 3. The van der Waals surface area contributed by atoms with E-state index in [0.29, 0.717) is 18.8 Å². The van der Waals surface area contributed by atoms with Crippen molar-refractivity contribution in [1.29, 1.82) is 0 Å². The summed E-state index contributed by atoms with van der Waals surface area (Å²) in [5.41, 5.74) is -0.0969. The number of aliphatic hydroxyl groups is 1. The SMILES string of the molecule is C=CCC(CO)CNc1cnc(C(=O)O)cn1. The first-order valence-electron chi connectivity index (χ1n) is 5.18. The summed E-state index contributed by atoms with van der Waals surface area (Å²) in [6, 6.07) is 0. The van der Waals surface area contributed by atoms with Crippen LogP contribution in [0, 0.1) is 5.92 Å². The Labute approximate surface area is 99.0 Å². The van der Waals surface area contributed by atoms with E-state index in [1.807, 2.05) is 0 Å². The molecule has 1 atom stereocenters. The van der Waals surface area contributed by atoms with Crippen LogP contribution in [0.25, 0.3) is 0 Å². The number of rotatable bonds is 7. The first-order valence-corrected chi connectivity index (χ1v) is 5.18. The van der Waals surface area contributed by atoms with Gasteiger partial charge in [-0.2, -0.15) is 0 Å². The number of allylic oxidation sites excluding steroid dienone is 1. The van der Waals surface area contributed by atoms with E-state index in [-0.39, 0.29) is 18.2 Å². The summed E-state index contributed by atoms with van der Waals surface area (Å²) in [6.07, 6.45) is 4.98. The number of aromatic nitrogens is 2. The lowest BCUT2D eigenvalue weighted by Crippen LogP contribution is -2.18. The highest BCUT2D eigenvalue weighted by Gasteiger charge is 2.07. The molecule has 1 heterocycles. The van der Waals surface area contributed by atoms with E-state index >= 15 is 0 Å². The molecular weight excluding hydrogens is 222 g/mol. The van der Waals surface area contributed by atoms with Crippen molar-refractivity contribution in [3.63, 3.8) is 0 Å². The molecule has 1 unspecified atom stereocenters. The molecule has 6 heteroatoms. The van der Waals surface area contributed by atoms with Gasteiger partial charge in [-0.3, -0.25) is 0 Å². The fourth-order valence-electron chi connectivity index (χ4n) is 1.24. The summed E-state index contributed by atoms with van der Waals surface area (Å²) in [4.78, 5) is 18.2. The van der Waals surface area contributed by atoms with Gasteiger partial charge in [0.1, 0.15) is 5.82 Å². The van der Waals surface area contributed by atoms with Gasteiger partial charge in [-0.25, -0.2) is 14.8 Å². The minimum Gasteiger partial charge on any atom is -0.476 e. The molecule has 1 aromatic rings. The fourth-order valence-corrected chi connectivity index (χ4v) is 1.24. The average Bonchev–Trinajstić information content (AvgIpc) is 2.35. The maximum absolute atomic E-state index is 10.5. The quantitative estimate of drug-likeness (QED) is 0.606. The number of nitrogens with one attached hydrogen (secondary N) is 1. The highest BCUT2D eigenvalue weighted by molar-refractivity contribution is 5.84. The normalized spacial score (nSPS) is 11.8. The summed E-state index contributed by atoms with van der Waals surface area (Å²) in [5.74, 6) is -0.560. The molecular formula is C11H15N3O3. The molecule has 0 aliphatic rings. The molecule has 17 heavy (non-hydrogen) atoms. The van der Waals surface area contributed by atoms with Gasteiger partial charge < -0.3 is 15.5 Å². The zero-order chi connectivity index (χ0) is 12.7. The van der Waals surface area contributed by atoms with E-state index < -0.39 is 5.97 Å². The molecule has 0 radical (unpaired) electrons. The molecule has 0 spiro atoms. The van der Waals surface area contributed by atoms with Crippen molar-refractivity contribution in [2.75, 3.05) is 18.5 Å². The Hall–Kier alpha value is -1.95. The predicted molar refractivity (Wildman–Crippen MR) is 62.9 cm³/mol. The van der Waals surface area contributed by atoms with Gasteiger partial charge in [0.2, 0.25) is 0 Å². The van der Waals surface area contributed by atoms with Crippen LogP contribution in [0.5, 0.6) is 0 Å². The lowest BCUT2D eigenvalue weighted by Gasteiger charge is -2.12. The van der Waals surface area contributed by atoms with Crippen LogP contribution < -0.4 is 5.32 Å². The van der Waals surface area contributed by atoms with Crippen molar-refractivity contribution in [2.24, 2.45) is 5.92 Å². The molecule has 92 valence electrons. The molecule has 0 fully saturated rings. The highest BCUT2D eigenvalue weighted by Crippen LogP contribution is 2.06. The minimum atomic E-state index is -1.11. The Morgan fingerprint density at radius 3 is 2.76 bits per heavy atom. The van der Waals surface area contributed by atoms with Gasteiger partial charge in [0.05, 0.1) is 12.4 Å². The second kappa shape index (κ2) is 6.59. The monoisotopic (exact) mass is 237 g/mol. The Morgan fingerprint density at radius 1 is 1.53 bits per heavy atom. The van der Waals surface area contributed by atoms with Crippen molar-refractivity contribution in [3.05, 3.63) is 30.7 Å². The maximum Gasteiger partial charge on any atom is 0.356 e. The highest BCUT2D eigenvalue weighted by atomic mass is 16.4. The largest absolute Gasteiger partial charge is 0.476 e. The van der Waals surface area contributed by atoms with E-state index in [4.69, 9.17) is 10.2 Å². The zero-order valence-corrected chi connectivity index (χ0v) is 9.33. The standard InChI is InChI=1S/C11H15N3O3/c1-2-3-8(7-15)4-13-10-6-12-9(5-14-10)11(16)17/h2,5-6,8,15H,1,3-4,7H2,(H,13,14)(H,16,17). The lowest BCUT2D eigenvalue weighted by atomic mass is 10.1. The van der Waals surface area contributed by atoms with Gasteiger partial charge in [0, 0.05) is 19.1 Å². The Morgan fingerprint density at radius 2 is 2.29 bits per heavy atom. The summed E-state index contributed by atoms with van der Waals surface area (Å²) in [6.45, 7) is 4.19. The van der Waals surface area contributed by atoms with Gasteiger partial charge in [0.25, 0.3) is 0 Å². The third kappa shape index (κ3) is 4.20. The van der Waals surface area contributed by atoms with Crippen LogP contribution in [0.2, 0.25) is 0 Å². The molecule has 0 aliphatic heterocycles. The molecule has 0 saturated carbocycles. The summed E-state index contributed by atoms with van der Waals surface area (Å²) < 4.78 is 0.